The van der Waals surface area contributed by atoms with E-state index in [0.29, 0.717) is 17.9 Å². The van der Waals surface area contributed by atoms with Crippen LogP contribution in [-0.2, 0) is 9.53 Å². The monoisotopic (exact) mass is 263 g/mol. The Morgan fingerprint density at radius 2 is 2.37 bits per heavy atom. The Hall–Kier alpha value is -1.59. The van der Waals surface area contributed by atoms with Gasteiger partial charge in [-0.25, -0.2) is 0 Å². The van der Waals surface area contributed by atoms with Gasteiger partial charge < -0.3 is 15.8 Å². The molecule has 19 heavy (non-hydrogen) atoms. The van der Waals surface area contributed by atoms with E-state index in [9.17, 15) is 4.79 Å². The Morgan fingerprint density at radius 3 is 3.00 bits per heavy atom. The van der Waals surface area contributed by atoms with E-state index in [-0.39, 0.29) is 12.0 Å². The van der Waals surface area contributed by atoms with Crippen molar-refractivity contribution in [1.29, 1.82) is 0 Å². The van der Waals surface area contributed by atoms with Gasteiger partial charge in [-0.2, -0.15) is 0 Å². The van der Waals surface area contributed by atoms with E-state index in [1.165, 1.54) is 0 Å². The van der Waals surface area contributed by atoms with Crippen molar-refractivity contribution in [3.05, 3.63) is 23.8 Å². The standard InChI is InChI=1S/C14H21N3O2/c1-10-3-4-13(12(15)7-10)16-14(18)9-17-6-5-11(8-17)19-2/h3-4,7,11H,5-6,8-9,15H2,1-2H3,(H,16,18). The van der Waals surface area contributed by atoms with E-state index in [2.05, 4.69) is 10.2 Å². The van der Waals surface area contributed by atoms with Gasteiger partial charge in [0.25, 0.3) is 0 Å². The lowest BCUT2D eigenvalue weighted by Crippen LogP contribution is -2.32. The molecule has 1 unspecified atom stereocenters. The second kappa shape index (κ2) is 6.04. The molecule has 5 nitrogen and oxygen atoms in total. The van der Waals surface area contributed by atoms with Gasteiger partial charge >= 0.3 is 0 Å². The minimum Gasteiger partial charge on any atom is -0.397 e. The maximum absolute atomic E-state index is 12.0. The molecule has 0 aliphatic carbocycles. The van der Waals surface area contributed by atoms with Crippen LogP contribution in [0.1, 0.15) is 12.0 Å². The van der Waals surface area contributed by atoms with Gasteiger partial charge in [0.05, 0.1) is 24.0 Å². The molecule has 0 spiro atoms. The molecule has 1 heterocycles. The van der Waals surface area contributed by atoms with Crippen LogP contribution in [0, 0.1) is 6.92 Å². The molecule has 1 fully saturated rings. The molecule has 1 aliphatic rings. The fourth-order valence-corrected chi connectivity index (χ4v) is 2.32. The summed E-state index contributed by atoms with van der Waals surface area (Å²) < 4.78 is 5.28. The number of carbonyl (C=O) groups excluding carboxylic acids is 1. The molecule has 0 aromatic heterocycles. The van der Waals surface area contributed by atoms with E-state index >= 15 is 0 Å². The molecule has 1 saturated heterocycles. The number of amides is 1. The molecule has 1 aliphatic heterocycles. The van der Waals surface area contributed by atoms with E-state index in [1.807, 2.05) is 25.1 Å². The lowest BCUT2D eigenvalue weighted by atomic mass is 10.2. The predicted molar refractivity (Wildman–Crippen MR) is 76.1 cm³/mol. The molecule has 1 amide bonds. The molecule has 0 radical (unpaired) electrons. The second-order valence-corrected chi connectivity index (χ2v) is 5.02. The number of likely N-dealkylation sites (tertiary alicyclic amines) is 1. The Labute approximate surface area is 113 Å². The van der Waals surface area contributed by atoms with Crippen LogP contribution in [0.2, 0.25) is 0 Å². The molecule has 1 aromatic rings. The average molecular weight is 263 g/mol. The Morgan fingerprint density at radius 1 is 1.58 bits per heavy atom. The molecule has 2 rings (SSSR count). The van der Waals surface area contributed by atoms with Gasteiger partial charge in [0.15, 0.2) is 0 Å². The number of hydrogen-bond donors (Lipinski definition) is 2. The number of hydrogen-bond acceptors (Lipinski definition) is 4. The molecule has 104 valence electrons. The number of nitrogen functional groups attached to an aromatic ring is 1. The largest absolute Gasteiger partial charge is 0.397 e. The first-order valence-corrected chi connectivity index (χ1v) is 6.49. The lowest BCUT2D eigenvalue weighted by molar-refractivity contribution is -0.117. The van der Waals surface area contributed by atoms with E-state index in [4.69, 9.17) is 10.5 Å². The summed E-state index contributed by atoms with van der Waals surface area (Å²) in [5, 5.41) is 2.85. The molecule has 3 N–H and O–H groups in total. The summed E-state index contributed by atoms with van der Waals surface area (Å²) >= 11 is 0. The van der Waals surface area contributed by atoms with Gasteiger partial charge in [-0.1, -0.05) is 6.07 Å². The smallest absolute Gasteiger partial charge is 0.238 e. The van der Waals surface area contributed by atoms with Crippen LogP contribution in [0.4, 0.5) is 11.4 Å². The molecule has 1 atom stereocenters. The number of nitrogens with two attached hydrogens (primary N) is 1. The SMILES string of the molecule is COC1CCN(CC(=O)Nc2ccc(C)cc2N)C1. The summed E-state index contributed by atoms with van der Waals surface area (Å²) in [6, 6.07) is 5.62. The highest BCUT2D eigenvalue weighted by molar-refractivity contribution is 5.95. The van der Waals surface area contributed by atoms with Gasteiger partial charge in [-0.3, -0.25) is 9.69 Å². The molecule has 1 aromatic carbocycles. The maximum Gasteiger partial charge on any atom is 0.238 e. The first kappa shape index (κ1) is 13.8. The van der Waals surface area contributed by atoms with Gasteiger partial charge in [-0.05, 0) is 31.0 Å². The van der Waals surface area contributed by atoms with Crippen molar-refractivity contribution < 1.29 is 9.53 Å². The van der Waals surface area contributed by atoms with Crippen molar-refractivity contribution in [2.24, 2.45) is 0 Å². The number of benzene rings is 1. The van der Waals surface area contributed by atoms with Crippen LogP contribution in [0.25, 0.3) is 0 Å². The lowest BCUT2D eigenvalue weighted by Gasteiger charge is -2.16. The molecule has 0 saturated carbocycles. The number of rotatable bonds is 4. The third-order valence-corrected chi connectivity index (χ3v) is 3.41. The van der Waals surface area contributed by atoms with Crippen molar-refractivity contribution in [1.82, 2.24) is 4.90 Å². The third-order valence-electron chi connectivity index (χ3n) is 3.41. The fourth-order valence-electron chi connectivity index (χ4n) is 2.32. The van der Waals surface area contributed by atoms with Crippen molar-refractivity contribution in [2.45, 2.75) is 19.4 Å². The van der Waals surface area contributed by atoms with E-state index in [0.717, 1.165) is 25.1 Å². The number of anilines is 2. The summed E-state index contributed by atoms with van der Waals surface area (Å²) in [6.45, 7) is 4.06. The van der Waals surface area contributed by atoms with E-state index in [1.54, 1.807) is 7.11 Å². The molecular weight excluding hydrogens is 242 g/mol. The summed E-state index contributed by atoms with van der Waals surface area (Å²) in [4.78, 5) is 14.0. The van der Waals surface area contributed by atoms with Crippen LogP contribution < -0.4 is 11.1 Å². The summed E-state index contributed by atoms with van der Waals surface area (Å²) in [5.74, 6) is -0.0349. The highest BCUT2D eigenvalue weighted by Crippen LogP contribution is 2.19. The quantitative estimate of drug-likeness (QED) is 0.802. The molecule has 0 bridgehead atoms. The Kier molecular flexibility index (Phi) is 4.39. The van der Waals surface area contributed by atoms with E-state index < -0.39 is 0 Å². The summed E-state index contributed by atoms with van der Waals surface area (Å²) in [7, 11) is 1.71. The van der Waals surface area contributed by atoms with Gasteiger partial charge in [0, 0.05) is 20.2 Å². The van der Waals surface area contributed by atoms with Crippen LogP contribution in [-0.4, -0.2) is 43.7 Å². The van der Waals surface area contributed by atoms with Crippen molar-refractivity contribution in [2.75, 3.05) is 37.8 Å². The van der Waals surface area contributed by atoms with Crippen molar-refractivity contribution >= 4 is 17.3 Å². The highest BCUT2D eigenvalue weighted by Gasteiger charge is 2.23. The zero-order valence-corrected chi connectivity index (χ0v) is 11.5. The summed E-state index contributed by atoms with van der Waals surface area (Å²) in [6.07, 6.45) is 1.23. The summed E-state index contributed by atoms with van der Waals surface area (Å²) in [5.41, 5.74) is 8.23. The topological polar surface area (TPSA) is 67.6 Å². The number of carbonyl (C=O) groups is 1. The number of nitrogens with one attached hydrogen (secondary N) is 1. The minimum atomic E-state index is -0.0349. The average Bonchev–Trinajstić information content (AvgIpc) is 2.80. The second-order valence-electron chi connectivity index (χ2n) is 5.02. The minimum absolute atomic E-state index is 0.0349. The first-order valence-electron chi connectivity index (χ1n) is 6.49. The maximum atomic E-state index is 12.0. The Bertz CT molecular complexity index is 462. The highest BCUT2D eigenvalue weighted by atomic mass is 16.5. The van der Waals surface area contributed by atoms with Gasteiger partial charge in [-0.15, -0.1) is 0 Å². The normalized spacial score (nSPS) is 19.6. The molecular formula is C14H21N3O2. The predicted octanol–water partition coefficient (Wildman–Crippen LogP) is 1.24. The fraction of sp³-hybridized carbons (Fsp3) is 0.500. The third kappa shape index (κ3) is 3.68. The van der Waals surface area contributed by atoms with Crippen LogP contribution in [0.5, 0.6) is 0 Å². The Balaban J connectivity index is 1.87. The van der Waals surface area contributed by atoms with Gasteiger partial charge in [0.2, 0.25) is 5.91 Å². The number of aryl methyl sites for hydroxylation is 1. The number of nitrogens with zero attached hydrogens (tertiary/aromatic N) is 1. The van der Waals surface area contributed by atoms with Crippen LogP contribution >= 0.6 is 0 Å². The zero-order chi connectivity index (χ0) is 13.8. The van der Waals surface area contributed by atoms with Crippen molar-refractivity contribution in [3.63, 3.8) is 0 Å². The first-order chi connectivity index (χ1) is 9.08. The van der Waals surface area contributed by atoms with Crippen molar-refractivity contribution in [3.8, 4) is 0 Å². The van der Waals surface area contributed by atoms with Crippen LogP contribution in [0.15, 0.2) is 18.2 Å². The van der Waals surface area contributed by atoms with Crippen LogP contribution in [0.3, 0.4) is 0 Å². The number of ether oxygens (including phenoxy) is 1. The molecule has 5 heteroatoms. The number of methoxy groups -OCH3 is 1. The zero-order valence-electron chi connectivity index (χ0n) is 11.5. The van der Waals surface area contributed by atoms with Gasteiger partial charge in [0.1, 0.15) is 0 Å².